The van der Waals surface area contributed by atoms with Crippen LogP contribution in [0.15, 0.2) is 56.5 Å². The highest BCUT2D eigenvalue weighted by Gasteiger charge is 2.12. The highest BCUT2D eigenvalue weighted by molar-refractivity contribution is 9.11. The van der Waals surface area contributed by atoms with Gasteiger partial charge in [0.1, 0.15) is 11.5 Å². The Kier molecular flexibility index (Phi) is 6.99. The summed E-state index contributed by atoms with van der Waals surface area (Å²) in [5.41, 5.74) is 6.86. The van der Waals surface area contributed by atoms with Crippen LogP contribution in [0.2, 0.25) is 0 Å². The maximum atomic E-state index is 12.3. The molecule has 0 atom stereocenters. The van der Waals surface area contributed by atoms with Gasteiger partial charge in [-0.05, 0) is 95.1 Å². The second-order valence-electron chi connectivity index (χ2n) is 6.58. The summed E-state index contributed by atoms with van der Waals surface area (Å²) >= 11 is 6.43. The third-order valence-electron chi connectivity index (χ3n) is 4.53. The van der Waals surface area contributed by atoms with E-state index in [1.165, 1.54) is 12.1 Å². The number of nitrogens with one attached hydrogen (secondary N) is 1. The monoisotopic (exact) mass is 533 g/mol. The molecule has 0 spiro atoms. The molecule has 0 saturated heterocycles. The van der Waals surface area contributed by atoms with Crippen LogP contribution >= 0.6 is 31.9 Å². The molecule has 1 aromatic heterocycles. The van der Waals surface area contributed by atoms with Crippen LogP contribution in [0.5, 0.6) is 11.5 Å². The van der Waals surface area contributed by atoms with E-state index in [1.807, 2.05) is 51.1 Å². The normalized spacial score (nSPS) is 11.1. The third kappa shape index (κ3) is 4.76. The molecule has 0 unspecified atom stereocenters. The highest BCUT2D eigenvalue weighted by atomic mass is 79.9. The number of halogens is 2. The highest BCUT2D eigenvalue weighted by Crippen LogP contribution is 2.33. The quantitative estimate of drug-likeness (QED) is 0.324. The molecule has 3 aromatic rings. The third-order valence-corrected chi connectivity index (χ3v) is 5.73. The number of ether oxygens (including phenoxy) is 1. The van der Waals surface area contributed by atoms with Gasteiger partial charge in [-0.2, -0.15) is 5.10 Å². The van der Waals surface area contributed by atoms with Crippen molar-refractivity contribution in [1.82, 2.24) is 9.99 Å². The number of aromatic nitrogens is 1. The molecule has 2 aromatic carbocycles. The fraction of sp³-hybridized carbons (Fsp3) is 0.182. The SMILES string of the molecule is CCOc1ccc(-n2c(C)cc(/C=N\NC(=O)c3cc(Br)c(O)c(Br)c3)c2C)cc1. The predicted octanol–water partition coefficient (Wildman–Crippen LogP) is 5.49. The van der Waals surface area contributed by atoms with Gasteiger partial charge in [-0.1, -0.05) is 0 Å². The number of aromatic hydroxyl groups is 1. The van der Waals surface area contributed by atoms with Crippen LogP contribution in [0.1, 0.15) is 34.2 Å². The Morgan fingerprint density at radius 2 is 1.80 bits per heavy atom. The van der Waals surface area contributed by atoms with Gasteiger partial charge in [0, 0.05) is 28.2 Å². The van der Waals surface area contributed by atoms with Crippen molar-refractivity contribution >= 4 is 44.0 Å². The van der Waals surface area contributed by atoms with Crippen molar-refractivity contribution in [3.05, 3.63) is 73.9 Å². The van der Waals surface area contributed by atoms with Crippen molar-refractivity contribution in [2.24, 2.45) is 5.10 Å². The minimum Gasteiger partial charge on any atom is -0.506 e. The summed E-state index contributed by atoms with van der Waals surface area (Å²) in [6, 6.07) is 13.0. The summed E-state index contributed by atoms with van der Waals surface area (Å²) in [5, 5.41) is 13.9. The van der Waals surface area contributed by atoms with Gasteiger partial charge >= 0.3 is 0 Å². The number of carbonyl (C=O) groups is 1. The summed E-state index contributed by atoms with van der Waals surface area (Å²) in [6.07, 6.45) is 1.62. The van der Waals surface area contributed by atoms with Crippen molar-refractivity contribution in [2.45, 2.75) is 20.8 Å². The zero-order valence-electron chi connectivity index (χ0n) is 16.7. The fourth-order valence-electron chi connectivity index (χ4n) is 3.10. The molecule has 8 heteroatoms. The average molecular weight is 535 g/mol. The van der Waals surface area contributed by atoms with Crippen LogP contribution in [0, 0.1) is 13.8 Å². The van der Waals surface area contributed by atoms with Gasteiger partial charge in [0.25, 0.3) is 5.91 Å². The Hall–Kier alpha value is -2.58. The first kappa shape index (κ1) is 22.1. The Labute approximate surface area is 191 Å². The van der Waals surface area contributed by atoms with Gasteiger partial charge in [0.15, 0.2) is 0 Å². The first-order chi connectivity index (χ1) is 14.3. The van der Waals surface area contributed by atoms with Crippen LogP contribution in [-0.4, -0.2) is 28.4 Å². The van der Waals surface area contributed by atoms with Gasteiger partial charge in [0.05, 0.1) is 21.8 Å². The average Bonchev–Trinajstić information content (AvgIpc) is 3.00. The van der Waals surface area contributed by atoms with Crippen LogP contribution in [0.4, 0.5) is 0 Å². The zero-order valence-corrected chi connectivity index (χ0v) is 19.9. The molecular weight excluding hydrogens is 514 g/mol. The number of carbonyl (C=O) groups excluding carboxylic acids is 1. The molecular formula is C22H21Br2N3O3. The number of hydrogen-bond acceptors (Lipinski definition) is 4. The van der Waals surface area contributed by atoms with Gasteiger partial charge in [-0.3, -0.25) is 4.79 Å². The number of hydrogen-bond donors (Lipinski definition) is 2. The summed E-state index contributed by atoms with van der Waals surface area (Å²) < 4.78 is 8.47. The van der Waals surface area contributed by atoms with E-state index in [4.69, 9.17) is 4.74 Å². The standard InChI is InChI=1S/C22H21Br2N3O3/c1-4-30-18-7-5-17(6-8-18)27-13(2)9-16(14(27)3)12-25-26-22(29)15-10-19(23)21(28)20(24)11-15/h5-12,28H,4H2,1-3H3,(H,26,29)/b25-12-. The minimum absolute atomic E-state index is 0.0387. The number of rotatable bonds is 6. The Morgan fingerprint density at radius 3 is 2.40 bits per heavy atom. The van der Waals surface area contributed by atoms with E-state index < -0.39 is 0 Å². The van der Waals surface area contributed by atoms with Crippen LogP contribution < -0.4 is 10.2 Å². The number of hydrazone groups is 1. The molecule has 1 amide bonds. The van der Waals surface area contributed by atoms with Crippen molar-refractivity contribution in [3.63, 3.8) is 0 Å². The van der Waals surface area contributed by atoms with Gasteiger partial charge in [0.2, 0.25) is 0 Å². The number of aryl methyl sites for hydroxylation is 1. The van der Waals surface area contributed by atoms with Gasteiger partial charge in [-0.25, -0.2) is 5.43 Å². The van der Waals surface area contributed by atoms with Gasteiger partial charge < -0.3 is 14.4 Å². The molecule has 3 rings (SSSR count). The molecule has 156 valence electrons. The summed E-state index contributed by atoms with van der Waals surface area (Å²) in [6.45, 7) is 6.61. The second-order valence-corrected chi connectivity index (χ2v) is 8.29. The lowest BCUT2D eigenvalue weighted by Gasteiger charge is -2.11. The Morgan fingerprint density at radius 1 is 1.17 bits per heavy atom. The van der Waals surface area contributed by atoms with Crippen LogP contribution in [0.3, 0.4) is 0 Å². The predicted molar refractivity (Wildman–Crippen MR) is 125 cm³/mol. The van der Waals surface area contributed by atoms with E-state index in [0.717, 1.165) is 28.4 Å². The molecule has 0 fully saturated rings. The van der Waals surface area contributed by atoms with E-state index in [9.17, 15) is 9.90 Å². The summed E-state index contributed by atoms with van der Waals surface area (Å²) in [5.74, 6) is 0.491. The van der Waals surface area contributed by atoms with Crippen molar-refractivity contribution in [2.75, 3.05) is 6.61 Å². The van der Waals surface area contributed by atoms with Crippen molar-refractivity contribution < 1.29 is 14.6 Å². The van der Waals surface area contributed by atoms with E-state index >= 15 is 0 Å². The molecule has 6 nitrogen and oxygen atoms in total. The molecule has 30 heavy (non-hydrogen) atoms. The Bertz CT molecular complexity index is 1080. The lowest BCUT2D eigenvalue weighted by atomic mass is 10.2. The number of amides is 1. The lowest BCUT2D eigenvalue weighted by Crippen LogP contribution is -2.17. The number of phenolic OH excluding ortho intramolecular Hbond substituents is 1. The van der Waals surface area contributed by atoms with Gasteiger partial charge in [-0.15, -0.1) is 0 Å². The largest absolute Gasteiger partial charge is 0.506 e. The maximum absolute atomic E-state index is 12.3. The molecule has 0 bridgehead atoms. The van der Waals surface area contributed by atoms with Crippen LogP contribution in [0.25, 0.3) is 5.69 Å². The molecule has 2 N–H and O–H groups in total. The molecule has 0 aliphatic carbocycles. The topological polar surface area (TPSA) is 75.8 Å². The number of nitrogens with zero attached hydrogens (tertiary/aromatic N) is 2. The fourth-order valence-corrected chi connectivity index (χ4v) is 4.28. The van der Waals surface area contributed by atoms with Crippen molar-refractivity contribution in [3.8, 4) is 17.2 Å². The first-order valence-electron chi connectivity index (χ1n) is 9.25. The lowest BCUT2D eigenvalue weighted by molar-refractivity contribution is 0.0955. The Balaban J connectivity index is 1.77. The first-order valence-corrected chi connectivity index (χ1v) is 10.8. The van der Waals surface area contributed by atoms with E-state index in [0.29, 0.717) is 21.1 Å². The summed E-state index contributed by atoms with van der Waals surface area (Å²) in [4.78, 5) is 12.3. The van der Waals surface area contributed by atoms with E-state index in [2.05, 4.69) is 47.0 Å². The minimum atomic E-state index is -0.382. The smallest absolute Gasteiger partial charge is 0.271 e. The number of phenols is 1. The molecule has 0 radical (unpaired) electrons. The second kappa shape index (κ2) is 9.49. The molecule has 0 aliphatic heterocycles. The maximum Gasteiger partial charge on any atom is 0.271 e. The molecule has 0 saturated carbocycles. The van der Waals surface area contributed by atoms with E-state index in [1.54, 1.807) is 6.21 Å². The number of benzene rings is 2. The van der Waals surface area contributed by atoms with E-state index in [-0.39, 0.29) is 11.7 Å². The van der Waals surface area contributed by atoms with Crippen LogP contribution in [-0.2, 0) is 0 Å². The molecule has 1 heterocycles. The zero-order chi connectivity index (χ0) is 21.8. The molecule has 0 aliphatic rings. The van der Waals surface area contributed by atoms with Crippen molar-refractivity contribution in [1.29, 1.82) is 0 Å². The summed E-state index contributed by atoms with van der Waals surface area (Å²) in [7, 11) is 0.